The van der Waals surface area contributed by atoms with E-state index in [0.717, 1.165) is 48.2 Å². The van der Waals surface area contributed by atoms with Crippen molar-refractivity contribution in [3.63, 3.8) is 0 Å². The normalized spacial score (nSPS) is 11.0. The summed E-state index contributed by atoms with van der Waals surface area (Å²) in [6.45, 7) is 6.11. The molecule has 28 heavy (non-hydrogen) atoms. The Morgan fingerprint density at radius 2 is 0.929 bits per heavy atom. The standard InChI is InChI=1S/C24H40Br2O2/c1-3-5-7-9-11-13-17-27-23-15-16-24(22(20-26)21(23)19-25)28-18-14-12-10-8-6-4-2/h15-16H,3-14,17-20H2,1-2H3. The minimum Gasteiger partial charge on any atom is -0.493 e. The molecule has 0 N–H and O–H groups in total. The molecule has 0 aliphatic carbocycles. The van der Waals surface area contributed by atoms with Gasteiger partial charge in [0.2, 0.25) is 0 Å². The molecule has 0 heterocycles. The number of rotatable bonds is 18. The molecule has 1 rings (SSSR count). The minimum atomic E-state index is 0.786. The SMILES string of the molecule is CCCCCCCCOc1ccc(OCCCCCCCC)c(CBr)c1CBr. The Hall–Kier alpha value is -0.220. The van der Waals surface area contributed by atoms with Crippen LogP contribution in [0.3, 0.4) is 0 Å². The smallest absolute Gasteiger partial charge is 0.123 e. The summed E-state index contributed by atoms with van der Waals surface area (Å²) in [6, 6.07) is 4.16. The van der Waals surface area contributed by atoms with Crippen molar-refractivity contribution in [2.75, 3.05) is 13.2 Å². The Kier molecular flexibility index (Phi) is 16.2. The van der Waals surface area contributed by atoms with E-state index < -0.39 is 0 Å². The lowest BCUT2D eigenvalue weighted by molar-refractivity contribution is 0.293. The first-order valence-corrected chi connectivity index (χ1v) is 13.5. The molecule has 0 saturated heterocycles. The van der Waals surface area contributed by atoms with Gasteiger partial charge in [-0.05, 0) is 25.0 Å². The van der Waals surface area contributed by atoms with Crippen molar-refractivity contribution in [3.8, 4) is 11.5 Å². The van der Waals surface area contributed by atoms with Gasteiger partial charge in [-0.3, -0.25) is 0 Å². The van der Waals surface area contributed by atoms with Crippen LogP contribution in [-0.2, 0) is 10.7 Å². The van der Waals surface area contributed by atoms with Crippen LogP contribution in [-0.4, -0.2) is 13.2 Å². The van der Waals surface area contributed by atoms with Crippen LogP contribution in [0.15, 0.2) is 12.1 Å². The molecule has 0 amide bonds. The number of benzene rings is 1. The van der Waals surface area contributed by atoms with E-state index in [9.17, 15) is 0 Å². The van der Waals surface area contributed by atoms with Gasteiger partial charge in [0.05, 0.1) is 13.2 Å². The van der Waals surface area contributed by atoms with E-state index in [0.29, 0.717) is 0 Å². The predicted molar refractivity (Wildman–Crippen MR) is 129 cm³/mol. The molecule has 1 aromatic carbocycles. The fourth-order valence-corrected chi connectivity index (χ4v) is 4.57. The average Bonchev–Trinajstić information content (AvgIpc) is 2.72. The minimum absolute atomic E-state index is 0.786. The molecule has 0 saturated carbocycles. The molecule has 0 aromatic heterocycles. The van der Waals surface area contributed by atoms with Crippen LogP contribution in [0.4, 0.5) is 0 Å². The number of unbranched alkanes of at least 4 members (excludes halogenated alkanes) is 10. The molecule has 2 nitrogen and oxygen atoms in total. The number of alkyl halides is 2. The van der Waals surface area contributed by atoms with Crippen LogP contribution >= 0.6 is 31.9 Å². The Morgan fingerprint density at radius 3 is 1.29 bits per heavy atom. The van der Waals surface area contributed by atoms with E-state index in [-0.39, 0.29) is 0 Å². The molecule has 0 bridgehead atoms. The summed E-state index contributed by atoms with van der Waals surface area (Å²) in [4.78, 5) is 0. The van der Waals surface area contributed by atoms with Crippen molar-refractivity contribution >= 4 is 31.9 Å². The molecule has 0 aliphatic heterocycles. The zero-order chi connectivity index (χ0) is 20.5. The summed E-state index contributed by atoms with van der Waals surface area (Å²) in [7, 11) is 0. The van der Waals surface area contributed by atoms with Gasteiger partial charge in [-0.25, -0.2) is 0 Å². The fraction of sp³-hybridized carbons (Fsp3) is 0.750. The second-order valence-electron chi connectivity index (χ2n) is 7.52. The van der Waals surface area contributed by atoms with Gasteiger partial charge in [0.15, 0.2) is 0 Å². The fourth-order valence-electron chi connectivity index (χ4n) is 3.34. The first-order chi connectivity index (χ1) is 13.8. The third-order valence-corrected chi connectivity index (χ3v) is 6.24. The van der Waals surface area contributed by atoms with Crippen LogP contribution in [0.5, 0.6) is 11.5 Å². The quantitative estimate of drug-likeness (QED) is 0.142. The molecule has 0 unspecified atom stereocenters. The van der Waals surface area contributed by atoms with Gasteiger partial charge >= 0.3 is 0 Å². The highest BCUT2D eigenvalue weighted by atomic mass is 79.9. The van der Waals surface area contributed by atoms with Gasteiger partial charge in [0, 0.05) is 21.8 Å². The summed E-state index contributed by atoms with van der Waals surface area (Å²) in [5, 5.41) is 1.57. The second kappa shape index (κ2) is 17.6. The van der Waals surface area contributed by atoms with Crippen LogP contribution in [0, 0.1) is 0 Å². The monoisotopic (exact) mass is 518 g/mol. The van der Waals surface area contributed by atoms with E-state index in [1.807, 2.05) is 0 Å². The summed E-state index contributed by atoms with van der Waals surface area (Å²) in [5.41, 5.74) is 2.42. The van der Waals surface area contributed by atoms with Crippen LogP contribution in [0.2, 0.25) is 0 Å². The number of hydrogen-bond acceptors (Lipinski definition) is 2. The maximum atomic E-state index is 6.11. The van der Waals surface area contributed by atoms with Crippen molar-refractivity contribution in [1.82, 2.24) is 0 Å². The molecule has 162 valence electrons. The zero-order valence-electron chi connectivity index (χ0n) is 18.0. The molecule has 4 heteroatoms. The van der Waals surface area contributed by atoms with Gasteiger partial charge in [0.1, 0.15) is 11.5 Å². The number of ether oxygens (including phenoxy) is 2. The Bertz CT molecular complexity index is 461. The molecule has 0 fully saturated rings. The maximum absolute atomic E-state index is 6.11. The van der Waals surface area contributed by atoms with Crippen LogP contribution in [0.25, 0.3) is 0 Å². The Labute approximate surface area is 190 Å². The highest BCUT2D eigenvalue weighted by Gasteiger charge is 2.14. The lowest BCUT2D eigenvalue weighted by Crippen LogP contribution is -2.05. The molecular formula is C24H40Br2O2. The largest absolute Gasteiger partial charge is 0.493 e. The van der Waals surface area contributed by atoms with E-state index in [4.69, 9.17) is 9.47 Å². The molecule has 0 atom stereocenters. The van der Waals surface area contributed by atoms with E-state index >= 15 is 0 Å². The van der Waals surface area contributed by atoms with Crippen LogP contribution < -0.4 is 9.47 Å². The molecule has 0 spiro atoms. The van der Waals surface area contributed by atoms with Gasteiger partial charge in [0.25, 0.3) is 0 Å². The van der Waals surface area contributed by atoms with Gasteiger partial charge in [-0.1, -0.05) is 110 Å². The maximum Gasteiger partial charge on any atom is 0.123 e. The molecule has 1 aromatic rings. The van der Waals surface area contributed by atoms with Crippen molar-refractivity contribution in [2.45, 2.75) is 102 Å². The van der Waals surface area contributed by atoms with Gasteiger partial charge < -0.3 is 9.47 Å². The third kappa shape index (κ3) is 10.5. The van der Waals surface area contributed by atoms with Crippen molar-refractivity contribution < 1.29 is 9.47 Å². The van der Waals surface area contributed by atoms with Gasteiger partial charge in [-0.2, -0.15) is 0 Å². The average molecular weight is 520 g/mol. The summed E-state index contributed by atoms with van der Waals surface area (Å²) in [6.07, 6.45) is 15.4. The highest BCUT2D eigenvalue weighted by Crippen LogP contribution is 2.34. The van der Waals surface area contributed by atoms with Crippen LogP contribution in [0.1, 0.15) is 102 Å². The van der Waals surface area contributed by atoms with Gasteiger partial charge in [-0.15, -0.1) is 0 Å². The van der Waals surface area contributed by atoms with E-state index in [1.165, 1.54) is 75.3 Å². The first kappa shape index (κ1) is 25.8. The number of hydrogen-bond donors (Lipinski definition) is 0. The van der Waals surface area contributed by atoms with Crippen molar-refractivity contribution in [2.24, 2.45) is 0 Å². The highest BCUT2D eigenvalue weighted by molar-refractivity contribution is 9.09. The third-order valence-electron chi connectivity index (χ3n) is 5.12. The topological polar surface area (TPSA) is 18.5 Å². The predicted octanol–water partition coefficient (Wildman–Crippen LogP) is 8.96. The molecule has 0 aliphatic rings. The zero-order valence-corrected chi connectivity index (χ0v) is 21.2. The first-order valence-electron chi connectivity index (χ1n) is 11.3. The Morgan fingerprint density at radius 1 is 0.571 bits per heavy atom. The summed E-state index contributed by atoms with van der Waals surface area (Å²) in [5.74, 6) is 1.98. The lowest BCUT2D eigenvalue weighted by Gasteiger charge is -2.17. The summed E-state index contributed by atoms with van der Waals surface area (Å²) >= 11 is 7.29. The summed E-state index contributed by atoms with van der Waals surface area (Å²) < 4.78 is 12.2. The van der Waals surface area contributed by atoms with Crippen molar-refractivity contribution in [1.29, 1.82) is 0 Å². The molecular weight excluding hydrogens is 480 g/mol. The van der Waals surface area contributed by atoms with E-state index in [2.05, 4.69) is 57.8 Å². The Balaban J connectivity index is 2.46. The van der Waals surface area contributed by atoms with E-state index in [1.54, 1.807) is 0 Å². The second-order valence-corrected chi connectivity index (χ2v) is 8.64. The number of halogens is 2. The lowest BCUT2D eigenvalue weighted by atomic mass is 10.1. The van der Waals surface area contributed by atoms with Crippen molar-refractivity contribution in [3.05, 3.63) is 23.3 Å². The molecule has 0 radical (unpaired) electrons.